The Hall–Kier alpha value is -3.40. The maximum Gasteiger partial charge on any atom is 0.224 e. The quantitative estimate of drug-likeness (QED) is 0.554. The number of hydrogen-bond acceptors (Lipinski definition) is 2. The van der Waals surface area contributed by atoms with Crippen molar-refractivity contribution in [1.82, 2.24) is 9.38 Å². The monoisotopic (exact) mass is 355 g/mol. The first kappa shape index (κ1) is 17.0. The maximum atomic E-state index is 12.4. The number of amides is 1. The largest absolute Gasteiger partial charge is 0.326 e. The molecule has 0 aliphatic carbocycles. The number of nitrogens with zero attached hydrogens (tertiary/aromatic N) is 2. The summed E-state index contributed by atoms with van der Waals surface area (Å²) in [5.41, 5.74) is 5.83. The molecular formula is C23H21N3O. The van der Waals surface area contributed by atoms with Crippen molar-refractivity contribution < 1.29 is 4.79 Å². The molecule has 0 aliphatic heterocycles. The zero-order chi connectivity index (χ0) is 18.6. The molecule has 0 unspecified atom stereocenters. The van der Waals surface area contributed by atoms with E-state index in [1.165, 1.54) is 5.56 Å². The molecule has 0 atom stereocenters. The summed E-state index contributed by atoms with van der Waals surface area (Å²) in [4.78, 5) is 17.1. The first-order chi connectivity index (χ1) is 13.2. The number of carbonyl (C=O) groups is 1. The molecule has 0 saturated heterocycles. The summed E-state index contributed by atoms with van der Waals surface area (Å²) in [6.45, 7) is 2.00. The van der Waals surface area contributed by atoms with Gasteiger partial charge in [-0.1, -0.05) is 48.5 Å². The van der Waals surface area contributed by atoms with Crippen molar-refractivity contribution >= 4 is 17.2 Å². The van der Waals surface area contributed by atoms with Crippen molar-refractivity contribution in [2.24, 2.45) is 0 Å². The summed E-state index contributed by atoms with van der Waals surface area (Å²) in [5, 5.41) is 3.05. The fourth-order valence-electron chi connectivity index (χ4n) is 3.10. The van der Waals surface area contributed by atoms with Gasteiger partial charge in [0.15, 0.2) is 0 Å². The standard InChI is InChI=1S/C23H21N3O/c1-17-10-12-19(21-16-26-14-6-5-9-22(26)24-21)15-20(17)25-23(27)13-11-18-7-3-2-4-8-18/h2-10,12,14-16H,11,13H2,1H3,(H,25,27). The Labute approximate surface area is 158 Å². The van der Waals surface area contributed by atoms with E-state index >= 15 is 0 Å². The highest BCUT2D eigenvalue weighted by molar-refractivity contribution is 5.92. The van der Waals surface area contributed by atoms with E-state index in [0.29, 0.717) is 6.42 Å². The summed E-state index contributed by atoms with van der Waals surface area (Å²) < 4.78 is 1.99. The van der Waals surface area contributed by atoms with Crippen molar-refractivity contribution in [3.8, 4) is 11.3 Å². The van der Waals surface area contributed by atoms with Crippen molar-refractivity contribution in [3.63, 3.8) is 0 Å². The van der Waals surface area contributed by atoms with Crippen molar-refractivity contribution in [2.45, 2.75) is 19.8 Å². The topological polar surface area (TPSA) is 46.4 Å². The number of carbonyl (C=O) groups excluding carboxylic acids is 1. The summed E-state index contributed by atoms with van der Waals surface area (Å²) in [6.07, 6.45) is 5.17. The number of imidazole rings is 1. The van der Waals surface area contributed by atoms with Gasteiger partial charge in [-0.15, -0.1) is 0 Å². The maximum absolute atomic E-state index is 12.4. The van der Waals surface area contributed by atoms with Crippen LogP contribution in [0.1, 0.15) is 17.5 Å². The molecule has 1 N–H and O–H groups in total. The summed E-state index contributed by atoms with van der Waals surface area (Å²) >= 11 is 0. The van der Waals surface area contributed by atoms with E-state index in [0.717, 1.165) is 34.6 Å². The van der Waals surface area contributed by atoms with Crippen molar-refractivity contribution in [3.05, 3.63) is 90.3 Å². The molecule has 27 heavy (non-hydrogen) atoms. The second-order valence-electron chi connectivity index (χ2n) is 6.66. The van der Waals surface area contributed by atoms with E-state index in [9.17, 15) is 4.79 Å². The zero-order valence-electron chi connectivity index (χ0n) is 15.2. The van der Waals surface area contributed by atoms with E-state index in [-0.39, 0.29) is 5.91 Å². The van der Waals surface area contributed by atoms with E-state index in [1.54, 1.807) is 0 Å². The lowest BCUT2D eigenvalue weighted by molar-refractivity contribution is -0.116. The lowest BCUT2D eigenvalue weighted by Gasteiger charge is -2.10. The van der Waals surface area contributed by atoms with Crippen LogP contribution in [0.4, 0.5) is 5.69 Å². The summed E-state index contributed by atoms with van der Waals surface area (Å²) in [6, 6.07) is 22.0. The molecule has 0 bridgehead atoms. The Morgan fingerprint density at radius 2 is 1.85 bits per heavy atom. The normalized spacial score (nSPS) is 10.9. The second kappa shape index (κ2) is 7.46. The van der Waals surface area contributed by atoms with Gasteiger partial charge in [0.1, 0.15) is 5.65 Å². The minimum Gasteiger partial charge on any atom is -0.326 e. The molecule has 0 radical (unpaired) electrons. The molecule has 2 aromatic heterocycles. The number of pyridine rings is 1. The van der Waals surface area contributed by atoms with Gasteiger partial charge >= 0.3 is 0 Å². The highest BCUT2D eigenvalue weighted by Crippen LogP contribution is 2.25. The third-order valence-electron chi connectivity index (χ3n) is 4.65. The number of aromatic nitrogens is 2. The number of fused-ring (bicyclic) bond motifs is 1. The Balaban J connectivity index is 1.51. The number of benzene rings is 2. The van der Waals surface area contributed by atoms with Crippen LogP contribution in [0.5, 0.6) is 0 Å². The van der Waals surface area contributed by atoms with Gasteiger partial charge in [0.25, 0.3) is 0 Å². The molecule has 4 rings (SSSR count). The van der Waals surface area contributed by atoms with Gasteiger partial charge in [-0.3, -0.25) is 4.79 Å². The van der Waals surface area contributed by atoms with E-state index in [4.69, 9.17) is 0 Å². The molecular weight excluding hydrogens is 334 g/mol. The third-order valence-corrected chi connectivity index (χ3v) is 4.65. The predicted molar refractivity (Wildman–Crippen MR) is 109 cm³/mol. The van der Waals surface area contributed by atoms with Gasteiger partial charge < -0.3 is 9.72 Å². The van der Waals surface area contributed by atoms with E-state index in [2.05, 4.69) is 10.3 Å². The highest BCUT2D eigenvalue weighted by Gasteiger charge is 2.09. The van der Waals surface area contributed by atoms with Crippen LogP contribution in [0.2, 0.25) is 0 Å². The molecule has 0 aliphatic rings. The molecule has 0 saturated carbocycles. The Morgan fingerprint density at radius 1 is 1.04 bits per heavy atom. The lowest BCUT2D eigenvalue weighted by atomic mass is 10.1. The average Bonchev–Trinajstić information content (AvgIpc) is 3.13. The van der Waals surface area contributed by atoms with Gasteiger partial charge in [-0.05, 0) is 42.7 Å². The van der Waals surface area contributed by atoms with Crippen LogP contribution in [-0.2, 0) is 11.2 Å². The van der Waals surface area contributed by atoms with Gasteiger partial charge in [0, 0.05) is 30.1 Å². The Bertz CT molecular complexity index is 1050. The molecule has 4 aromatic rings. The zero-order valence-corrected chi connectivity index (χ0v) is 15.2. The van der Waals surface area contributed by atoms with Gasteiger partial charge in [-0.2, -0.15) is 0 Å². The van der Waals surface area contributed by atoms with Crippen LogP contribution in [-0.4, -0.2) is 15.3 Å². The minimum atomic E-state index is 0.0223. The lowest BCUT2D eigenvalue weighted by Crippen LogP contribution is -2.13. The molecule has 134 valence electrons. The molecule has 4 nitrogen and oxygen atoms in total. The van der Waals surface area contributed by atoms with Gasteiger partial charge in [0.2, 0.25) is 5.91 Å². The van der Waals surface area contributed by atoms with Gasteiger partial charge in [0.05, 0.1) is 5.69 Å². The number of hydrogen-bond donors (Lipinski definition) is 1. The highest BCUT2D eigenvalue weighted by atomic mass is 16.1. The molecule has 2 aromatic carbocycles. The van der Waals surface area contributed by atoms with Crippen LogP contribution < -0.4 is 5.32 Å². The third kappa shape index (κ3) is 3.90. The fraction of sp³-hybridized carbons (Fsp3) is 0.130. The van der Waals surface area contributed by atoms with E-state index < -0.39 is 0 Å². The summed E-state index contributed by atoms with van der Waals surface area (Å²) in [5.74, 6) is 0.0223. The molecule has 2 heterocycles. The number of nitrogens with one attached hydrogen (secondary N) is 1. The van der Waals surface area contributed by atoms with Crippen LogP contribution in [0.25, 0.3) is 16.9 Å². The number of anilines is 1. The predicted octanol–water partition coefficient (Wildman–Crippen LogP) is 4.88. The van der Waals surface area contributed by atoms with Crippen LogP contribution in [0.15, 0.2) is 79.1 Å². The minimum absolute atomic E-state index is 0.0223. The molecule has 1 amide bonds. The fourth-order valence-corrected chi connectivity index (χ4v) is 3.10. The average molecular weight is 355 g/mol. The first-order valence-electron chi connectivity index (χ1n) is 9.07. The van der Waals surface area contributed by atoms with Crippen molar-refractivity contribution in [2.75, 3.05) is 5.32 Å². The summed E-state index contributed by atoms with van der Waals surface area (Å²) in [7, 11) is 0. The number of rotatable bonds is 5. The van der Waals surface area contributed by atoms with Crippen LogP contribution in [0.3, 0.4) is 0 Å². The number of aryl methyl sites for hydroxylation is 2. The molecule has 4 heteroatoms. The van der Waals surface area contributed by atoms with Crippen LogP contribution >= 0.6 is 0 Å². The molecule has 0 fully saturated rings. The SMILES string of the molecule is Cc1ccc(-c2cn3ccccc3n2)cc1NC(=O)CCc1ccccc1. The second-order valence-corrected chi connectivity index (χ2v) is 6.66. The smallest absolute Gasteiger partial charge is 0.224 e. The molecule has 0 spiro atoms. The van der Waals surface area contributed by atoms with E-state index in [1.807, 2.05) is 90.4 Å². The Morgan fingerprint density at radius 3 is 2.67 bits per heavy atom. The first-order valence-corrected chi connectivity index (χ1v) is 9.07. The Kier molecular flexibility index (Phi) is 4.71. The van der Waals surface area contributed by atoms with Crippen molar-refractivity contribution in [1.29, 1.82) is 0 Å². The van der Waals surface area contributed by atoms with Crippen LogP contribution in [0, 0.1) is 6.92 Å². The van der Waals surface area contributed by atoms with Gasteiger partial charge in [-0.25, -0.2) is 4.98 Å².